The largest absolute Gasteiger partial charge is 0.465 e. The summed E-state index contributed by atoms with van der Waals surface area (Å²) in [7, 11) is 1.29. The molecule has 0 saturated heterocycles. The summed E-state index contributed by atoms with van der Waals surface area (Å²) < 4.78 is 4.82. The van der Waals surface area contributed by atoms with Crippen molar-refractivity contribution in [3.05, 3.63) is 51.4 Å². The summed E-state index contributed by atoms with van der Waals surface area (Å²) >= 11 is 1.31. The van der Waals surface area contributed by atoms with E-state index < -0.39 is 17.8 Å². The van der Waals surface area contributed by atoms with Crippen molar-refractivity contribution in [2.45, 2.75) is 26.2 Å². The highest BCUT2D eigenvalue weighted by molar-refractivity contribution is 7.17. The first-order valence-electron chi connectivity index (χ1n) is 8.44. The lowest BCUT2D eigenvalue weighted by molar-refractivity contribution is -0.136. The van der Waals surface area contributed by atoms with Crippen LogP contribution in [0.2, 0.25) is 0 Å². The minimum atomic E-state index is -0.913. The topological polar surface area (TPSA) is 96.9 Å². The Labute approximate surface area is 160 Å². The molecule has 1 heterocycles. The van der Waals surface area contributed by atoms with Crippen molar-refractivity contribution >= 4 is 40.3 Å². The number of anilines is 1. The molecule has 1 aliphatic rings. The molecular formula is C19H19N3O4S. The minimum absolute atomic E-state index is 0.342. The van der Waals surface area contributed by atoms with Crippen molar-refractivity contribution in [3.8, 4) is 0 Å². The zero-order valence-electron chi connectivity index (χ0n) is 15.0. The number of fused-ring (bicyclic) bond motifs is 1. The van der Waals surface area contributed by atoms with Crippen LogP contribution in [-0.4, -0.2) is 31.1 Å². The Bertz CT molecular complexity index is 933. The van der Waals surface area contributed by atoms with E-state index in [0.29, 0.717) is 10.6 Å². The third-order valence-electron chi connectivity index (χ3n) is 4.30. The molecule has 8 heteroatoms. The Balaban J connectivity index is 1.68. The number of aryl methyl sites for hydroxylation is 2. The molecule has 1 aromatic carbocycles. The SMILES string of the molecule is COC(=O)c1c(NC(=O)C(=O)N/N=C/c2ccccc2C)sc2c1CCC2. The zero-order valence-corrected chi connectivity index (χ0v) is 15.8. The summed E-state index contributed by atoms with van der Waals surface area (Å²) in [6.45, 7) is 1.92. The van der Waals surface area contributed by atoms with Crippen LogP contribution in [0.3, 0.4) is 0 Å². The van der Waals surface area contributed by atoms with Gasteiger partial charge in [-0.1, -0.05) is 24.3 Å². The predicted molar refractivity (Wildman–Crippen MR) is 103 cm³/mol. The molecule has 1 aromatic heterocycles. The smallest absolute Gasteiger partial charge is 0.341 e. The lowest BCUT2D eigenvalue weighted by Crippen LogP contribution is -2.32. The second-order valence-electron chi connectivity index (χ2n) is 6.06. The van der Waals surface area contributed by atoms with E-state index in [9.17, 15) is 14.4 Å². The number of nitrogens with one attached hydrogen (secondary N) is 2. The summed E-state index contributed by atoms with van der Waals surface area (Å²) in [5, 5.41) is 6.67. The maximum absolute atomic E-state index is 12.2. The Morgan fingerprint density at radius 1 is 1.19 bits per heavy atom. The standard InChI is InChI=1S/C19H19N3O4S/c1-11-6-3-4-7-12(11)10-20-22-17(24)16(23)21-18-15(19(25)26-2)13-8-5-9-14(13)27-18/h3-4,6-7,10H,5,8-9H2,1-2H3,(H,21,23)(H,22,24)/b20-10+. The molecule has 2 amide bonds. The van der Waals surface area contributed by atoms with E-state index in [-0.39, 0.29) is 0 Å². The number of methoxy groups -OCH3 is 1. The van der Waals surface area contributed by atoms with Gasteiger partial charge in [0.25, 0.3) is 0 Å². The number of thiophene rings is 1. The summed E-state index contributed by atoms with van der Waals surface area (Å²) in [4.78, 5) is 37.3. The van der Waals surface area contributed by atoms with Crippen LogP contribution in [0, 0.1) is 6.92 Å². The molecule has 27 heavy (non-hydrogen) atoms. The lowest BCUT2D eigenvalue weighted by Gasteiger charge is -2.06. The van der Waals surface area contributed by atoms with Crippen LogP contribution >= 0.6 is 11.3 Å². The Morgan fingerprint density at radius 2 is 1.96 bits per heavy atom. The molecule has 0 aliphatic heterocycles. The van der Waals surface area contributed by atoms with E-state index >= 15 is 0 Å². The first-order chi connectivity index (χ1) is 13.0. The highest BCUT2D eigenvalue weighted by Crippen LogP contribution is 2.39. The molecule has 0 fully saturated rings. The van der Waals surface area contributed by atoms with Gasteiger partial charge in [0.05, 0.1) is 18.9 Å². The van der Waals surface area contributed by atoms with Crippen molar-refractivity contribution in [1.29, 1.82) is 0 Å². The van der Waals surface area contributed by atoms with Crippen LogP contribution in [0.25, 0.3) is 0 Å². The van der Waals surface area contributed by atoms with Gasteiger partial charge in [-0.3, -0.25) is 9.59 Å². The lowest BCUT2D eigenvalue weighted by atomic mass is 10.1. The van der Waals surface area contributed by atoms with E-state index in [1.165, 1.54) is 24.7 Å². The highest BCUT2D eigenvalue weighted by Gasteiger charge is 2.29. The second kappa shape index (κ2) is 8.13. The van der Waals surface area contributed by atoms with Gasteiger partial charge in [-0.15, -0.1) is 11.3 Å². The molecule has 0 atom stereocenters. The summed E-state index contributed by atoms with van der Waals surface area (Å²) in [5.41, 5.74) is 5.28. The molecule has 0 radical (unpaired) electrons. The Morgan fingerprint density at radius 3 is 2.70 bits per heavy atom. The van der Waals surface area contributed by atoms with E-state index in [0.717, 1.165) is 40.8 Å². The molecule has 0 bridgehead atoms. The molecule has 0 spiro atoms. The van der Waals surface area contributed by atoms with Gasteiger partial charge in [-0.05, 0) is 42.9 Å². The van der Waals surface area contributed by atoms with Gasteiger partial charge < -0.3 is 10.1 Å². The number of benzene rings is 1. The molecule has 2 N–H and O–H groups in total. The molecule has 7 nitrogen and oxygen atoms in total. The van der Waals surface area contributed by atoms with Crippen molar-refractivity contribution in [2.75, 3.05) is 12.4 Å². The number of carbonyl (C=O) groups is 3. The maximum Gasteiger partial charge on any atom is 0.341 e. The monoisotopic (exact) mass is 385 g/mol. The van der Waals surface area contributed by atoms with Crippen LogP contribution < -0.4 is 10.7 Å². The van der Waals surface area contributed by atoms with Crippen molar-refractivity contribution in [2.24, 2.45) is 5.10 Å². The number of esters is 1. The van der Waals surface area contributed by atoms with Crippen molar-refractivity contribution in [3.63, 3.8) is 0 Å². The van der Waals surface area contributed by atoms with Gasteiger partial charge in [0.2, 0.25) is 0 Å². The minimum Gasteiger partial charge on any atom is -0.465 e. The summed E-state index contributed by atoms with van der Waals surface area (Å²) in [6.07, 6.45) is 4.05. The fourth-order valence-corrected chi connectivity index (χ4v) is 4.19. The van der Waals surface area contributed by atoms with Crippen LogP contribution in [0.1, 0.15) is 38.3 Å². The van der Waals surface area contributed by atoms with E-state index in [1.807, 2.05) is 31.2 Å². The molecule has 0 unspecified atom stereocenters. The van der Waals surface area contributed by atoms with Crippen LogP contribution in [0.4, 0.5) is 5.00 Å². The average molecular weight is 385 g/mol. The fourth-order valence-electron chi connectivity index (χ4n) is 2.91. The van der Waals surface area contributed by atoms with Crippen molar-refractivity contribution < 1.29 is 19.1 Å². The van der Waals surface area contributed by atoms with Gasteiger partial charge in [0, 0.05) is 4.88 Å². The van der Waals surface area contributed by atoms with E-state index in [2.05, 4.69) is 15.8 Å². The van der Waals surface area contributed by atoms with Gasteiger partial charge in [-0.2, -0.15) is 5.10 Å². The number of nitrogens with zero attached hydrogens (tertiary/aromatic N) is 1. The van der Waals surface area contributed by atoms with Crippen LogP contribution in [0.15, 0.2) is 29.4 Å². The van der Waals surface area contributed by atoms with Crippen molar-refractivity contribution in [1.82, 2.24) is 5.43 Å². The molecular weight excluding hydrogens is 366 g/mol. The second-order valence-corrected chi connectivity index (χ2v) is 7.17. The fraction of sp³-hybridized carbons (Fsp3) is 0.263. The quantitative estimate of drug-likeness (QED) is 0.366. The molecule has 0 saturated carbocycles. The van der Waals surface area contributed by atoms with E-state index in [4.69, 9.17) is 4.74 Å². The number of amides is 2. The summed E-state index contributed by atoms with van der Waals surface area (Å²) in [6, 6.07) is 7.52. The molecule has 140 valence electrons. The first kappa shape index (κ1) is 18.8. The van der Waals surface area contributed by atoms with Gasteiger partial charge >= 0.3 is 17.8 Å². The maximum atomic E-state index is 12.2. The van der Waals surface area contributed by atoms with E-state index in [1.54, 1.807) is 0 Å². The first-order valence-corrected chi connectivity index (χ1v) is 9.25. The number of rotatable bonds is 4. The number of hydrogen-bond donors (Lipinski definition) is 2. The van der Waals surface area contributed by atoms with Crippen LogP contribution in [-0.2, 0) is 27.2 Å². The molecule has 3 rings (SSSR count). The molecule has 1 aliphatic carbocycles. The average Bonchev–Trinajstić information content (AvgIpc) is 3.23. The zero-order chi connectivity index (χ0) is 19.4. The van der Waals surface area contributed by atoms with Gasteiger partial charge in [-0.25, -0.2) is 10.2 Å². The van der Waals surface area contributed by atoms with Gasteiger partial charge in [0.15, 0.2) is 0 Å². The highest BCUT2D eigenvalue weighted by atomic mass is 32.1. The number of ether oxygens (including phenoxy) is 1. The number of carbonyl (C=O) groups excluding carboxylic acids is 3. The normalized spacial score (nSPS) is 12.7. The van der Waals surface area contributed by atoms with Gasteiger partial charge in [0.1, 0.15) is 5.00 Å². The Hall–Kier alpha value is -3.00. The predicted octanol–water partition coefficient (Wildman–Crippen LogP) is 2.42. The van der Waals surface area contributed by atoms with Crippen LogP contribution in [0.5, 0.6) is 0 Å². The number of hydrazone groups is 1. The number of hydrogen-bond acceptors (Lipinski definition) is 6. The third kappa shape index (κ3) is 4.06. The summed E-state index contributed by atoms with van der Waals surface area (Å²) in [5.74, 6) is -2.31. The Kier molecular flexibility index (Phi) is 5.66. The third-order valence-corrected chi connectivity index (χ3v) is 5.51. The molecule has 2 aromatic rings.